The molecule has 1 fully saturated rings. The molecule has 37 heavy (non-hydrogen) atoms. The molecule has 9 nitrogen and oxygen atoms in total. The van der Waals surface area contributed by atoms with Gasteiger partial charge in [-0.05, 0) is 44.5 Å². The average molecular weight is 514 g/mol. The molecule has 1 aromatic carbocycles. The quantitative estimate of drug-likeness (QED) is 0.267. The SMILES string of the molecule is Cc1c(-c2cc(OC(C)c3ccccn3)c3c(c2)ncn3C(F)F)nnn1C1CCN(C#N)CC1(F)F. The van der Waals surface area contributed by atoms with Crippen molar-refractivity contribution in [1.82, 2.24) is 34.4 Å². The number of ether oxygens (including phenoxy) is 1. The molecule has 13 heteroatoms. The van der Waals surface area contributed by atoms with Crippen LogP contribution in [0.15, 0.2) is 42.9 Å². The first-order chi connectivity index (χ1) is 17.7. The number of piperidine rings is 1. The van der Waals surface area contributed by atoms with Gasteiger partial charge in [0, 0.05) is 18.3 Å². The van der Waals surface area contributed by atoms with Gasteiger partial charge in [-0.25, -0.2) is 18.4 Å². The minimum atomic E-state index is -3.20. The fraction of sp³-hybridized carbons (Fsp3) is 0.375. The summed E-state index contributed by atoms with van der Waals surface area (Å²) in [6.45, 7) is -0.0375. The van der Waals surface area contributed by atoms with Gasteiger partial charge in [0.05, 0.1) is 23.4 Å². The molecule has 0 bridgehead atoms. The molecule has 0 spiro atoms. The third-order valence-electron chi connectivity index (χ3n) is 6.45. The highest BCUT2D eigenvalue weighted by molar-refractivity contribution is 5.87. The second-order valence-corrected chi connectivity index (χ2v) is 8.84. The van der Waals surface area contributed by atoms with Crippen molar-refractivity contribution >= 4 is 11.0 Å². The van der Waals surface area contributed by atoms with Crippen molar-refractivity contribution < 1.29 is 22.3 Å². The van der Waals surface area contributed by atoms with Crippen molar-refractivity contribution in [3.63, 3.8) is 0 Å². The van der Waals surface area contributed by atoms with Crippen molar-refractivity contribution in [2.24, 2.45) is 0 Å². The molecule has 4 aromatic rings. The number of halogens is 4. The standard InChI is InChI=1S/C24H22F4N8O/c1-14-21(32-33-36(14)20-6-8-34(12-29)11-24(20,27)28)16-9-18-22(35(13-31-18)23(25)26)19(10-16)37-15(2)17-5-3-4-7-30-17/h3-5,7,9-10,13,15,20,23H,6,8,11H2,1-2H3. The van der Waals surface area contributed by atoms with E-state index in [1.807, 2.05) is 0 Å². The summed E-state index contributed by atoms with van der Waals surface area (Å²) in [7, 11) is 0. The van der Waals surface area contributed by atoms with Crippen molar-refractivity contribution in [1.29, 1.82) is 5.26 Å². The lowest BCUT2D eigenvalue weighted by molar-refractivity contribution is -0.0961. The second-order valence-electron chi connectivity index (χ2n) is 8.84. The van der Waals surface area contributed by atoms with Crippen LogP contribution in [0.4, 0.5) is 17.6 Å². The van der Waals surface area contributed by atoms with Crippen molar-refractivity contribution in [3.8, 4) is 23.2 Å². The van der Waals surface area contributed by atoms with Crippen LogP contribution in [-0.4, -0.2) is 53.4 Å². The molecular formula is C24H22F4N8O. The molecule has 3 aromatic heterocycles. The lowest BCUT2D eigenvalue weighted by Crippen LogP contribution is -2.47. The number of likely N-dealkylation sites (tertiary alicyclic amines) is 1. The third-order valence-corrected chi connectivity index (χ3v) is 6.45. The van der Waals surface area contributed by atoms with Crippen LogP contribution in [0, 0.1) is 18.4 Å². The monoisotopic (exact) mass is 514 g/mol. The van der Waals surface area contributed by atoms with Gasteiger partial charge in [-0.3, -0.25) is 9.55 Å². The molecule has 0 saturated carbocycles. The van der Waals surface area contributed by atoms with Gasteiger partial charge < -0.3 is 9.64 Å². The number of aromatic nitrogens is 6. The molecule has 2 unspecified atom stereocenters. The molecular weight excluding hydrogens is 492 g/mol. The summed E-state index contributed by atoms with van der Waals surface area (Å²) in [4.78, 5) is 9.39. The number of hydrogen-bond acceptors (Lipinski definition) is 7. The van der Waals surface area contributed by atoms with Gasteiger partial charge in [-0.1, -0.05) is 11.3 Å². The fourth-order valence-electron chi connectivity index (χ4n) is 4.59. The van der Waals surface area contributed by atoms with Crippen molar-refractivity contribution in [3.05, 3.63) is 54.2 Å². The Morgan fingerprint density at radius 3 is 2.70 bits per heavy atom. The molecule has 0 radical (unpaired) electrons. The van der Waals surface area contributed by atoms with E-state index >= 15 is 0 Å². The van der Waals surface area contributed by atoms with E-state index in [1.165, 1.54) is 10.7 Å². The minimum Gasteiger partial charge on any atom is -0.482 e. The van der Waals surface area contributed by atoms with E-state index in [9.17, 15) is 17.6 Å². The molecule has 0 N–H and O–H groups in total. The van der Waals surface area contributed by atoms with Crippen molar-refractivity contribution in [2.45, 2.75) is 44.9 Å². The zero-order valence-electron chi connectivity index (χ0n) is 19.9. The summed E-state index contributed by atoms with van der Waals surface area (Å²) < 4.78 is 65.1. The summed E-state index contributed by atoms with van der Waals surface area (Å²) >= 11 is 0. The maximum Gasteiger partial charge on any atom is 0.320 e. The van der Waals surface area contributed by atoms with E-state index in [2.05, 4.69) is 20.3 Å². The predicted octanol–water partition coefficient (Wildman–Crippen LogP) is 4.90. The Morgan fingerprint density at radius 2 is 2.03 bits per heavy atom. The zero-order valence-corrected chi connectivity index (χ0v) is 19.9. The maximum atomic E-state index is 14.8. The zero-order chi connectivity index (χ0) is 26.3. The largest absolute Gasteiger partial charge is 0.482 e. The van der Waals surface area contributed by atoms with E-state index < -0.39 is 31.2 Å². The highest BCUT2D eigenvalue weighted by Crippen LogP contribution is 2.40. The Balaban J connectivity index is 1.56. The van der Waals surface area contributed by atoms with Gasteiger partial charge >= 0.3 is 6.55 Å². The summed E-state index contributed by atoms with van der Waals surface area (Å²) in [5.74, 6) is -3.08. The molecule has 4 heterocycles. The number of hydrogen-bond donors (Lipinski definition) is 0. The smallest absolute Gasteiger partial charge is 0.320 e. The molecule has 1 aliphatic heterocycles. The highest BCUT2D eigenvalue weighted by atomic mass is 19.3. The van der Waals surface area contributed by atoms with Crippen LogP contribution >= 0.6 is 0 Å². The van der Waals surface area contributed by atoms with Crippen LogP contribution in [0.2, 0.25) is 0 Å². The summed E-state index contributed by atoms with van der Waals surface area (Å²) in [5, 5.41) is 17.2. The van der Waals surface area contributed by atoms with Crippen LogP contribution in [0.3, 0.4) is 0 Å². The van der Waals surface area contributed by atoms with E-state index in [0.29, 0.717) is 27.2 Å². The number of alkyl halides is 4. The van der Waals surface area contributed by atoms with Gasteiger partial charge in [0.1, 0.15) is 35.4 Å². The summed E-state index contributed by atoms with van der Waals surface area (Å²) in [5.41, 5.74) is 1.99. The van der Waals surface area contributed by atoms with E-state index in [-0.39, 0.29) is 29.7 Å². The van der Waals surface area contributed by atoms with Crippen LogP contribution in [0.1, 0.15) is 43.4 Å². The molecule has 2 atom stereocenters. The predicted molar refractivity (Wildman–Crippen MR) is 124 cm³/mol. The normalized spacial score (nSPS) is 18.2. The Kier molecular flexibility index (Phi) is 6.18. The Hall–Kier alpha value is -4.21. The maximum absolute atomic E-state index is 14.8. The lowest BCUT2D eigenvalue weighted by Gasteiger charge is -2.35. The molecule has 5 rings (SSSR count). The van der Waals surface area contributed by atoms with Gasteiger partial charge in [-0.2, -0.15) is 14.0 Å². The third kappa shape index (κ3) is 4.43. The number of pyridine rings is 1. The molecule has 1 saturated heterocycles. The number of rotatable bonds is 6. The molecule has 192 valence electrons. The fourth-order valence-corrected chi connectivity index (χ4v) is 4.59. The van der Waals surface area contributed by atoms with E-state index in [1.54, 1.807) is 50.5 Å². The topological polar surface area (TPSA) is 97.7 Å². The van der Waals surface area contributed by atoms with Crippen LogP contribution in [0.25, 0.3) is 22.3 Å². The van der Waals surface area contributed by atoms with Crippen LogP contribution in [-0.2, 0) is 0 Å². The Bertz CT molecular complexity index is 1460. The average Bonchev–Trinajstić information content (AvgIpc) is 3.47. The van der Waals surface area contributed by atoms with Crippen LogP contribution < -0.4 is 4.74 Å². The lowest BCUT2D eigenvalue weighted by atomic mass is 10.0. The summed E-state index contributed by atoms with van der Waals surface area (Å²) in [6, 6.07) is 7.09. The number of nitrogens with zero attached hydrogens (tertiary/aromatic N) is 8. The first-order valence-electron chi connectivity index (χ1n) is 11.5. The van der Waals surface area contributed by atoms with E-state index in [4.69, 9.17) is 10.00 Å². The first kappa shape index (κ1) is 24.5. The Labute approximate surface area is 208 Å². The molecule has 0 amide bonds. The highest BCUT2D eigenvalue weighted by Gasteiger charge is 2.47. The Morgan fingerprint density at radius 1 is 1.22 bits per heavy atom. The number of benzene rings is 1. The molecule has 1 aliphatic rings. The minimum absolute atomic E-state index is 0.0119. The summed E-state index contributed by atoms with van der Waals surface area (Å²) in [6.07, 6.45) is 3.81. The number of nitriles is 1. The van der Waals surface area contributed by atoms with E-state index in [0.717, 1.165) is 11.2 Å². The first-order valence-corrected chi connectivity index (χ1v) is 11.5. The van der Waals surface area contributed by atoms with Crippen molar-refractivity contribution in [2.75, 3.05) is 13.1 Å². The van der Waals surface area contributed by atoms with Crippen LogP contribution in [0.5, 0.6) is 5.75 Å². The molecule has 0 aliphatic carbocycles. The van der Waals surface area contributed by atoms with Gasteiger partial charge in [0.25, 0.3) is 5.92 Å². The number of fused-ring (bicyclic) bond motifs is 1. The second kappa shape index (κ2) is 9.34. The number of imidazole rings is 1. The van der Waals surface area contributed by atoms with Gasteiger partial charge in [-0.15, -0.1) is 5.10 Å². The van der Waals surface area contributed by atoms with Gasteiger partial charge in [0.2, 0.25) is 0 Å². The van der Waals surface area contributed by atoms with Gasteiger partial charge in [0.15, 0.2) is 6.19 Å².